The van der Waals surface area contributed by atoms with Crippen molar-refractivity contribution in [2.75, 3.05) is 26.0 Å². The number of benzene rings is 3. The van der Waals surface area contributed by atoms with Crippen LogP contribution in [0.1, 0.15) is 27.9 Å². The standard InChI is InChI=1S/C26H26F2N2O/c1-30(2)16-17-3-4-21-14-23(11-9-20(21)13-17)29-26(31)19-7-5-18(6-8-19)24-12-10-22(27)15-25(24)28/h5-12,14-15,17H,3-4,13,16H2,1-2H3,(H,29,31). The summed E-state index contributed by atoms with van der Waals surface area (Å²) in [5, 5.41) is 2.96. The van der Waals surface area contributed by atoms with E-state index in [0.29, 0.717) is 22.6 Å². The highest BCUT2D eigenvalue weighted by Crippen LogP contribution is 2.29. The molecule has 1 aliphatic carbocycles. The van der Waals surface area contributed by atoms with Crippen molar-refractivity contribution in [3.05, 3.63) is 89.0 Å². The van der Waals surface area contributed by atoms with Crippen molar-refractivity contribution in [3.63, 3.8) is 0 Å². The minimum Gasteiger partial charge on any atom is -0.322 e. The van der Waals surface area contributed by atoms with E-state index < -0.39 is 11.6 Å². The van der Waals surface area contributed by atoms with Crippen LogP contribution < -0.4 is 5.32 Å². The van der Waals surface area contributed by atoms with Gasteiger partial charge in [-0.1, -0.05) is 18.2 Å². The number of nitrogens with one attached hydrogen (secondary N) is 1. The first-order valence-corrected chi connectivity index (χ1v) is 10.5. The Balaban J connectivity index is 1.44. The maximum Gasteiger partial charge on any atom is 0.255 e. The van der Waals surface area contributed by atoms with Crippen molar-refractivity contribution in [3.8, 4) is 11.1 Å². The van der Waals surface area contributed by atoms with E-state index in [4.69, 9.17) is 0 Å². The molecule has 0 fully saturated rings. The molecule has 1 atom stereocenters. The smallest absolute Gasteiger partial charge is 0.255 e. The Hall–Kier alpha value is -3.05. The molecule has 0 heterocycles. The Labute approximate surface area is 181 Å². The fraction of sp³-hybridized carbons (Fsp3) is 0.269. The minimum atomic E-state index is -0.626. The number of aryl methyl sites for hydroxylation is 1. The second-order valence-corrected chi connectivity index (χ2v) is 8.51. The molecule has 5 heteroatoms. The average Bonchev–Trinajstić information content (AvgIpc) is 2.73. The number of halogens is 2. The monoisotopic (exact) mass is 420 g/mol. The summed E-state index contributed by atoms with van der Waals surface area (Å²) in [6, 6.07) is 16.3. The van der Waals surface area contributed by atoms with E-state index in [1.54, 1.807) is 24.3 Å². The zero-order valence-electron chi connectivity index (χ0n) is 17.8. The van der Waals surface area contributed by atoms with Crippen molar-refractivity contribution in [1.82, 2.24) is 4.90 Å². The predicted molar refractivity (Wildman–Crippen MR) is 120 cm³/mol. The summed E-state index contributed by atoms with van der Waals surface area (Å²) in [5.74, 6) is -0.783. The number of amides is 1. The fourth-order valence-corrected chi connectivity index (χ4v) is 4.31. The topological polar surface area (TPSA) is 32.3 Å². The van der Waals surface area contributed by atoms with Gasteiger partial charge in [-0.2, -0.15) is 0 Å². The maximum absolute atomic E-state index is 14.0. The fourth-order valence-electron chi connectivity index (χ4n) is 4.31. The van der Waals surface area contributed by atoms with Gasteiger partial charge in [0.2, 0.25) is 0 Å². The molecule has 3 nitrogen and oxygen atoms in total. The molecule has 3 aromatic carbocycles. The van der Waals surface area contributed by atoms with Gasteiger partial charge >= 0.3 is 0 Å². The molecule has 160 valence electrons. The predicted octanol–water partition coefficient (Wildman–Crippen LogP) is 5.55. The lowest BCUT2D eigenvalue weighted by molar-refractivity contribution is 0.102. The number of carbonyl (C=O) groups is 1. The third-order valence-electron chi connectivity index (χ3n) is 5.81. The van der Waals surface area contributed by atoms with E-state index in [-0.39, 0.29) is 5.91 Å². The number of anilines is 1. The van der Waals surface area contributed by atoms with E-state index in [1.165, 1.54) is 23.3 Å². The van der Waals surface area contributed by atoms with E-state index in [0.717, 1.165) is 37.6 Å². The molecular formula is C26H26F2N2O. The number of hydrogen-bond acceptors (Lipinski definition) is 2. The van der Waals surface area contributed by atoms with E-state index in [9.17, 15) is 13.6 Å². The first kappa shape index (κ1) is 21.2. The Morgan fingerprint density at radius 3 is 2.48 bits per heavy atom. The Kier molecular flexibility index (Phi) is 6.14. The summed E-state index contributed by atoms with van der Waals surface area (Å²) in [7, 11) is 4.22. The molecule has 0 saturated carbocycles. The molecule has 31 heavy (non-hydrogen) atoms. The first-order valence-electron chi connectivity index (χ1n) is 10.5. The van der Waals surface area contributed by atoms with Gasteiger partial charge in [-0.3, -0.25) is 4.79 Å². The number of rotatable bonds is 5. The third kappa shape index (κ3) is 5.00. The van der Waals surface area contributed by atoms with E-state index in [2.05, 4.69) is 36.4 Å². The minimum absolute atomic E-state index is 0.215. The van der Waals surface area contributed by atoms with Crippen molar-refractivity contribution in [1.29, 1.82) is 0 Å². The summed E-state index contributed by atoms with van der Waals surface area (Å²) in [6.07, 6.45) is 3.25. The van der Waals surface area contributed by atoms with Crippen LogP contribution in [-0.2, 0) is 12.8 Å². The summed E-state index contributed by atoms with van der Waals surface area (Å²) >= 11 is 0. The summed E-state index contributed by atoms with van der Waals surface area (Å²) in [6.45, 7) is 1.09. The van der Waals surface area contributed by atoms with E-state index in [1.807, 2.05) is 6.07 Å². The summed E-state index contributed by atoms with van der Waals surface area (Å²) in [4.78, 5) is 14.9. The van der Waals surface area contributed by atoms with Crippen LogP contribution in [0.4, 0.5) is 14.5 Å². The average molecular weight is 421 g/mol. The van der Waals surface area contributed by atoms with Gasteiger partial charge in [-0.25, -0.2) is 8.78 Å². The third-order valence-corrected chi connectivity index (χ3v) is 5.81. The SMILES string of the molecule is CN(C)CC1CCc2cc(NC(=O)c3ccc(-c4ccc(F)cc4F)cc3)ccc2C1. The van der Waals surface area contributed by atoms with Crippen LogP contribution >= 0.6 is 0 Å². The number of nitrogens with zero attached hydrogens (tertiary/aromatic N) is 1. The van der Waals surface area contributed by atoms with Crippen LogP contribution in [0.25, 0.3) is 11.1 Å². The highest BCUT2D eigenvalue weighted by Gasteiger charge is 2.20. The molecule has 0 aliphatic heterocycles. The molecule has 1 N–H and O–H groups in total. The molecule has 0 bridgehead atoms. The van der Waals surface area contributed by atoms with Crippen molar-refractivity contribution < 1.29 is 13.6 Å². The Bertz CT molecular complexity index is 1090. The number of fused-ring (bicyclic) bond motifs is 1. The lowest BCUT2D eigenvalue weighted by Gasteiger charge is -2.27. The van der Waals surface area contributed by atoms with Gasteiger partial charge in [0.15, 0.2) is 0 Å². The maximum atomic E-state index is 14.0. The second-order valence-electron chi connectivity index (χ2n) is 8.51. The van der Waals surface area contributed by atoms with Crippen molar-refractivity contribution in [2.45, 2.75) is 19.3 Å². The van der Waals surface area contributed by atoms with Crippen LogP contribution in [0, 0.1) is 17.6 Å². The van der Waals surface area contributed by atoms with Gasteiger partial charge in [0, 0.05) is 29.4 Å². The molecule has 0 saturated heterocycles. The normalized spacial score (nSPS) is 15.6. The first-order chi connectivity index (χ1) is 14.9. The molecule has 3 aromatic rings. The zero-order chi connectivity index (χ0) is 22.0. The highest BCUT2D eigenvalue weighted by atomic mass is 19.1. The Morgan fingerprint density at radius 1 is 1.00 bits per heavy atom. The molecule has 0 spiro atoms. The molecular weight excluding hydrogens is 394 g/mol. The van der Waals surface area contributed by atoms with E-state index >= 15 is 0 Å². The van der Waals surface area contributed by atoms with Crippen molar-refractivity contribution >= 4 is 11.6 Å². The molecule has 4 rings (SSSR count). The molecule has 1 aliphatic rings. The largest absolute Gasteiger partial charge is 0.322 e. The molecule has 1 amide bonds. The van der Waals surface area contributed by atoms with Gasteiger partial charge < -0.3 is 10.2 Å². The van der Waals surface area contributed by atoms with Crippen LogP contribution in [0.5, 0.6) is 0 Å². The summed E-state index contributed by atoms with van der Waals surface area (Å²) in [5.41, 5.74) is 4.82. The van der Waals surface area contributed by atoms with Gasteiger partial charge in [-0.05, 0) is 92.4 Å². The molecule has 1 unspecified atom stereocenters. The van der Waals surface area contributed by atoms with Gasteiger partial charge in [-0.15, -0.1) is 0 Å². The second kappa shape index (κ2) is 8.98. The van der Waals surface area contributed by atoms with Crippen LogP contribution in [-0.4, -0.2) is 31.4 Å². The van der Waals surface area contributed by atoms with Crippen LogP contribution in [0.3, 0.4) is 0 Å². The van der Waals surface area contributed by atoms with Crippen LogP contribution in [0.2, 0.25) is 0 Å². The summed E-state index contributed by atoms with van der Waals surface area (Å²) < 4.78 is 27.1. The lowest BCUT2D eigenvalue weighted by Crippen LogP contribution is -2.26. The molecule has 0 radical (unpaired) electrons. The number of hydrogen-bond donors (Lipinski definition) is 1. The molecule has 0 aromatic heterocycles. The van der Waals surface area contributed by atoms with Gasteiger partial charge in [0.1, 0.15) is 11.6 Å². The number of carbonyl (C=O) groups excluding carboxylic acids is 1. The highest BCUT2D eigenvalue weighted by molar-refractivity contribution is 6.04. The van der Waals surface area contributed by atoms with Crippen molar-refractivity contribution in [2.24, 2.45) is 5.92 Å². The quantitative estimate of drug-likeness (QED) is 0.587. The van der Waals surface area contributed by atoms with Gasteiger partial charge in [0.05, 0.1) is 0 Å². The lowest BCUT2D eigenvalue weighted by atomic mass is 9.83. The Morgan fingerprint density at radius 2 is 1.77 bits per heavy atom. The zero-order valence-corrected chi connectivity index (χ0v) is 17.8. The van der Waals surface area contributed by atoms with Gasteiger partial charge in [0.25, 0.3) is 5.91 Å². The van der Waals surface area contributed by atoms with Crippen LogP contribution in [0.15, 0.2) is 60.7 Å².